The van der Waals surface area contributed by atoms with Crippen molar-refractivity contribution in [2.45, 2.75) is 29.6 Å². The topological polar surface area (TPSA) is 26.0 Å². The molecular formula is C11H14IN. The minimum absolute atomic E-state index is 0.302. The van der Waals surface area contributed by atoms with E-state index in [4.69, 9.17) is 5.73 Å². The fourth-order valence-corrected chi connectivity index (χ4v) is 3.98. The van der Waals surface area contributed by atoms with Gasteiger partial charge in [0.15, 0.2) is 0 Å². The van der Waals surface area contributed by atoms with Crippen LogP contribution in [0.3, 0.4) is 0 Å². The van der Waals surface area contributed by atoms with Gasteiger partial charge in [0.25, 0.3) is 0 Å². The standard InChI is InChI=1S/C11H14IN/c1-11(2)6-8(12)10-7(11)4-3-5-9(10)13/h3-5,8H,6,13H2,1-2H3. The molecule has 0 heterocycles. The summed E-state index contributed by atoms with van der Waals surface area (Å²) in [6, 6.07) is 6.28. The number of nitrogens with two attached hydrogens (primary N) is 1. The monoisotopic (exact) mass is 287 g/mol. The Hall–Kier alpha value is -0.250. The van der Waals surface area contributed by atoms with E-state index in [-0.39, 0.29) is 0 Å². The maximum Gasteiger partial charge on any atom is 0.0391 e. The summed E-state index contributed by atoms with van der Waals surface area (Å²) < 4.78 is 0.587. The first-order valence-electron chi connectivity index (χ1n) is 4.55. The minimum atomic E-state index is 0.302. The lowest BCUT2D eigenvalue weighted by molar-refractivity contribution is 0.523. The molecule has 0 aromatic heterocycles. The van der Waals surface area contributed by atoms with Gasteiger partial charge in [-0.2, -0.15) is 0 Å². The number of hydrogen-bond donors (Lipinski definition) is 1. The Labute approximate surface area is 92.9 Å². The Morgan fingerprint density at radius 3 is 2.77 bits per heavy atom. The summed E-state index contributed by atoms with van der Waals surface area (Å²) in [6.45, 7) is 4.59. The molecule has 0 saturated carbocycles. The van der Waals surface area contributed by atoms with Crippen molar-refractivity contribution >= 4 is 28.3 Å². The van der Waals surface area contributed by atoms with E-state index < -0.39 is 0 Å². The highest BCUT2D eigenvalue weighted by atomic mass is 127. The van der Waals surface area contributed by atoms with Crippen LogP contribution in [0.5, 0.6) is 0 Å². The normalized spacial score (nSPS) is 24.4. The van der Waals surface area contributed by atoms with Crippen molar-refractivity contribution < 1.29 is 0 Å². The smallest absolute Gasteiger partial charge is 0.0391 e. The van der Waals surface area contributed by atoms with E-state index in [2.05, 4.69) is 48.6 Å². The molecule has 0 saturated heterocycles. The first-order valence-corrected chi connectivity index (χ1v) is 5.80. The van der Waals surface area contributed by atoms with E-state index in [0.717, 1.165) is 5.69 Å². The van der Waals surface area contributed by atoms with Crippen LogP contribution in [0, 0.1) is 0 Å². The molecule has 2 heteroatoms. The maximum atomic E-state index is 5.98. The summed E-state index contributed by atoms with van der Waals surface area (Å²) in [5.74, 6) is 0. The molecule has 1 aromatic carbocycles. The van der Waals surface area contributed by atoms with Crippen molar-refractivity contribution in [3.63, 3.8) is 0 Å². The molecule has 1 aliphatic rings. The molecule has 70 valence electrons. The molecule has 0 spiro atoms. The largest absolute Gasteiger partial charge is 0.398 e. The Morgan fingerprint density at radius 1 is 1.46 bits per heavy atom. The zero-order valence-corrected chi connectivity index (χ0v) is 10.1. The molecule has 0 aliphatic heterocycles. The number of benzene rings is 1. The van der Waals surface area contributed by atoms with Crippen molar-refractivity contribution in [2.75, 3.05) is 5.73 Å². The molecule has 0 fully saturated rings. The molecule has 2 N–H and O–H groups in total. The van der Waals surface area contributed by atoms with Crippen molar-refractivity contribution in [1.29, 1.82) is 0 Å². The molecule has 1 nitrogen and oxygen atoms in total. The second-order valence-electron chi connectivity index (χ2n) is 4.36. The third-order valence-electron chi connectivity index (χ3n) is 2.87. The van der Waals surface area contributed by atoms with Crippen LogP contribution < -0.4 is 5.73 Å². The van der Waals surface area contributed by atoms with Crippen LogP contribution >= 0.6 is 22.6 Å². The van der Waals surface area contributed by atoms with Gasteiger partial charge in [-0.3, -0.25) is 0 Å². The van der Waals surface area contributed by atoms with E-state index in [1.165, 1.54) is 17.5 Å². The molecule has 1 unspecified atom stereocenters. The van der Waals surface area contributed by atoms with E-state index in [1.54, 1.807) is 0 Å². The van der Waals surface area contributed by atoms with E-state index in [0.29, 0.717) is 9.34 Å². The van der Waals surface area contributed by atoms with Gasteiger partial charge in [0, 0.05) is 9.61 Å². The van der Waals surface area contributed by atoms with Crippen molar-refractivity contribution in [2.24, 2.45) is 0 Å². The fraction of sp³-hybridized carbons (Fsp3) is 0.455. The Kier molecular flexibility index (Phi) is 2.06. The molecule has 0 amide bonds. The van der Waals surface area contributed by atoms with Gasteiger partial charge in [-0.15, -0.1) is 0 Å². The van der Waals surface area contributed by atoms with Crippen LogP contribution in [0.4, 0.5) is 5.69 Å². The number of hydrogen-bond acceptors (Lipinski definition) is 1. The predicted octanol–water partition coefficient (Wildman–Crippen LogP) is 3.43. The number of fused-ring (bicyclic) bond motifs is 1. The average Bonchev–Trinajstić information content (AvgIpc) is 2.24. The van der Waals surface area contributed by atoms with Gasteiger partial charge in [-0.1, -0.05) is 48.6 Å². The second kappa shape index (κ2) is 2.87. The van der Waals surface area contributed by atoms with Crippen LogP contribution in [0.2, 0.25) is 0 Å². The Bertz CT molecular complexity index is 344. The third kappa shape index (κ3) is 1.35. The summed E-state index contributed by atoms with van der Waals surface area (Å²) in [4.78, 5) is 0. The number of rotatable bonds is 0. The zero-order chi connectivity index (χ0) is 9.64. The van der Waals surface area contributed by atoms with Crippen molar-refractivity contribution in [1.82, 2.24) is 0 Å². The number of anilines is 1. The Balaban J connectivity index is 2.65. The maximum absolute atomic E-state index is 5.98. The van der Waals surface area contributed by atoms with Crippen LogP contribution in [-0.2, 0) is 5.41 Å². The molecule has 13 heavy (non-hydrogen) atoms. The zero-order valence-electron chi connectivity index (χ0n) is 7.97. The highest BCUT2D eigenvalue weighted by Gasteiger charge is 2.36. The quantitative estimate of drug-likeness (QED) is 0.441. The summed E-state index contributed by atoms with van der Waals surface area (Å²) in [5, 5.41) is 0. The van der Waals surface area contributed by atoms with Gasteiger partial charge in [0.05, 0.1) is 0 Å². The van der Waals surface area contributed by atoms with Gasteiger partial charge in [0.2, 0.25) is 0 Å². The van der Waals surface area contributed by atoms with Gasteiger partial charge in [0.1, 0.15) is 0 Å². The SMILES string of the molecule is CC1(C)CC(I)c2c(N)cccc21. The van der Waals surface area contributed by atoms with Crippen LogP contribution in [0.15, 0.2) is 18.2 Å². The lowest BCUT2D eigenvalue weighted by Gasteiger charge is -2.18. The summed E-state index contributed by atoms with van der Waals surface area (Å²) in [6.07, 6.45) is 1.21. The summed E-state index contributed by atoms with van der Waals surface area (Å²) in [7, 11) is 0. The fourth-order valence-electron chi connectivity index (χ4n) is 2.18. The van der Waals surface area contributed by atoms with Crippen molar-refractivity contribution in [3.05, 3.63) is 29.3 Å². The van der Waals surface area contributed by atoms with E-state index in [1.807, 2.05) is 6.07 Å². The molecule has 0 bridgehead atoms. The van der Waals surface area contributed by atoms with E-state index >= 15 is 0 Å². The van der Waals surface area contributed by atoms with Crippen LogP contribution in [0.25, 0.3) is 0 Å². The van der Waals surface area contributed by atoms with Crippen LogP contribution in [0.1, 0.15) is 35.3 Å². The molecule has 1 aromatic rings. The van der Waals surface area contributed by atoms with Crippen LogP contribution in [-0.4, -0.2) is 0 Å². The number of alkyl halides is 1. The van der Waals surface area contributed by atoms with Gasteiger partial charge < -0.3 is 5.73 Å². The number of halogens is 1. The Morgan fingerprint density at radius 2 is 2.15 bits per heavy atom. The molecule has 2 rings (SSSR count). The molecule has 0 radical (unpaired) electrons. The highest BCUT2D eigenvalue weighted by Crippen LogP contribution is 2.50. The highest BCUT2D eigenvalue weighted by molar-refractivity contribution is 14.1. The van der Waals surface area contributed by atoms with Gasteiger partial charge in [-0.25, -0.2) is 0 Å². The lowest BCUT2D eigenvalue weighted by atomic mass is 9.86. The third-order valence-corrected chi connectivity index (χ3v) is 3.93. The summed E-state index contributed by atoms with van der Waals surface area (Å²) in [5.41, 5.74) is 10.0. The molecular weight excluding hydrogens is 273 g/mol. The first-order chi connectivity index (χ1) is 6.02. The molecule has 1 aliphatic carbocycles. The summed E-state index contributed by atoms with van der Waals surface area (Å²) >= 11 is 2.49. The van der Waals surface area contributed by atoms with Crippen molar-refractivity contribution in [3.8, 4) is 0 Å². The predicted molar refractivity (Wildman–Crippen MR) is 65.3 cm³/mol. The van der Waals surface area contributed by atoms with E-state index in [9.17, 15) is 0 Å². The van der Waals surface area contributed by atoms with Gasteiger partial charge in [-0.05, 0) is 29.0 Å². The minimum Gasteiger partial charge on any atom is -0.398 e. The average molecular weight is 287 g/mol. The van der Waals surface area contributed by atoms with Gasteiger partial charge >= 0.3 is 0 Å². The first kappa shape index (κ1) is 9.31. The number of nitrogen functional groups attached to an aromatic ring is 1. The lowest BCUT2D eigenvalue weighted by Crippen LogP contribution is -2.11. The second-order valence-corrected chi connectivity index (χ2v) is 5.87. The molecule has 1 atom stereocenters.